The molecule has 3 rings (SSSR count). The van der Waals surface area contributed by atoms with E-state index >= 15 is 0 Å². The molecule has 0 saturated carbocycles. The molecule has 128 valence electrons. The maximum absolute atomic E-state index is 12.4. The predicted molar refractivity (Wildman–Crippen MR) is 88.6 cm³/mol. The summed E-state index contributed by atoms with van der Waals surface area (Å²) < 4.78 is 31.6. The number of aromatic nitrogens is 2. The third kappa shape index (κ3) is 3.65. The lowest BCUT2D eigenvalue weighted by Gasteiger charge is -2.11. The fraction of sp³-hybridized carbons (Fsp3) is 0.375. The highest BCUT2D eigenvalue weighted by molar-refractivity contribution is 7.91. The van der Waals surface area contributed by atoms with Gasteiger partial charge in [-0.3, -0.25) is 9.48 Å². The van der Waals surface area contributed by atoms with E-state index in [0.717, 1.165) is 12.8 Å². The van der Waals surface area contributed by atoms with Crippen LogP contribution in [0.4, 0.5) is 5.69 Å². The zero-order valence-electron chi connectivity index (χ0n) is 13.3. The van der Waals surface area contributed by atoms with E-state index < -0.39 is 9.84 Å². The Kier molecular flexibility index (Phi) is 4.68. The van der Waals surface area contributed by atoms with Crippen LogP contribution in [0.1, 0.15) is 23.3 Å². The van der Waals surface area contributed by atoms with Gasteiger partial charge in [0.15, 0.2) is 9.84 Å². The van der Waals surface area contributed by atoms with Crippen LogP contribution in [0.5, 0.6) is 0 Å². The van der Waals surface area contributed by atoms with Crippen molar-refractivity contribution in [1.29, 1.82) is 0 Å². The maximum atomic E-state index is 12.4. The zero-order chi connectivity index (χ0) is 17.2. The first kappa shape index (κ1) is 16.7. The Balaban J connectivity index is 1.68. The number of ether oxygens (including phenoxy) is 1. The second-order valence-corrected chi connectivity index (χ2v) is 7.77. The van der Waals surface area contributed by atoms with Gasteiger partial charge in [0.25, 0.3) is 5.91 Å². The van der Waals surface area contributed by atoms with Crippen LogP contribution in [0, 0.1) is 0 Å². The van der Waals surface area contributed by atoms with Gasteiger partial charge < -0.3 is 10.1 Å². The highest BCUT2D eigenvalue weighted by Crippen LogP contribution is 2.21. The molecule has 1 N–H and O–H groups in total. The molecule has 0 bridgehead atoms. The number of anilines is 1. The van der Waals surface area contributed by atoms with Gasteiger partial charge in [-0.05, 0) is 43.2 Å². The van der Waals surface area contributed by atoms with E-state index in [1.54, 1.807) is 25.2 Å². The summed E-state index contributed by atoms with van der Waals surface area (Å²) >= 11 is 0. The molecule has 0 radical (unpaired) electrons. The molecule has 0 unspecified atom stereocenters. The molecule has 0 spiro atoms. The van der Waals surface area contributed by atoms with Gasteiger partial charge in [0.1, 0.15) is 5.69 Å². The quantitative estimate of drug-likeness (QED) is 0.886. The third-order valence-electron chi connectivity index (χ3n) is 3.95. The molecular weight excluding hydrogens is 330 g/mol. The van der Waals surface area contributed by atoms with Crippen molar-refractivity contribution in [3.63, 3.8) is 0 Å². The van der Waals surface area contributed by atoms with E-state index in [9.17, 15) is 13.2 Å². The van der Waals surface area contributed by atoms with Crippen LogP contribution in [0.2, 0.25) is 0 Å². The molecule has 1 aliphatic heterocycles. The molecule has 24 heavy (non-hydrogen) atoms. The average Bonchev–Trinajstić information content (AvgIpc) is 3.19. The summed E-state index contributed by atoms with van der Waals surface area (Å²) in [5, 5.41) is 6.66. The fourth-order valence-electron chi connectivity index (χ4n) is 2.65. The smallest absolute Gasteiger partial charge is 0.273 e. The van der Waals surface area contributed by atoms with Crippen LogP contribution in [0.3, 0.4) is 0 Å². The molecular formula is C16H19N3O4S. The van der Waals surface area contributed by atoms with Gasteiger partial charge in [0.05, 0.1) is 16.8 Å². The molecule has 1 aliphatic rings. The van der Waals surface area contributed by atoms with Crippen LogP contribution in [0.25, 0.3) is 0 Å². The first-order valence-corrected chi connectivity index (χ1v) is 9.35. The molecule has 2 aromatic rings. The van der Waals surface area contributed by atoms with Crippen LogP contribution in [-0.2, 0) is 21.6 Å². The summed E-state index contributed by atoms with van der Waals surface area (Å²) in [6, 6.07) is 7.77. The molecule has 0 aliphatic carbocycles. The number of amides is 1. The van der Waals surface area contributed by atoms with Crippen molar-refractivity contribution >= 4 is 21.4 Å². The standard InChI is InChI=1S/C16H19N3O4S/c1-19-15(8-9-17-19)16(20)18-12-4-6-14(7-5-12)24(21,22)11-13-3-2-10-23-13/h4-9,13H,2-3,10-11H2,1H3,(H,18,20)/t13-/m0/s1. The van der Waals surface area contributed by atoms with Gasteiger partial charge in [0, 0.05) is 25.5 Å². The van der Waals surface area contributed by atoms with Crippen molar-refractivity contribution in [3.05, 3.63) is 42.2 Å². The summed E-state index contributed by atoms with van der Waals surface area (Å²) in [6.45, 7) is 0.624. The first-order valence-electron chi connectivity index (χ1n) is 7.69. The molecule has 1 aromatic carbocycles. The van der Waals surface area contributed by atoms with Crippen LogP contribution < -0.4 is 5.32 Å². The number of nitrogens with one attached hydrogen (secondary N) is 1. The van der Waals surface area contributed by atoms with Crippen LogP contribution in [0.15, 0.2) is 41.4 Å². The SMILES string of the molecule is Cn1nccc1C(=O)Nc1ccc(S(=O)(=O)C[C@@H]2CCCO2)cc1. The van der Waals surface area contributed by atoms with Crippen molar-refractivity contribution in [2.75, 3.05) is 17.7 Å². The summed E-state index contributed by atoms with van der Waals surface area (Å²) in [5.74, 6) is -0.307. The lowest BCUT2D eigenvalue weighted by Crippen LogP contribution is -2.20. The second kappa shape index (κ2) is 6.74. The predicted octanol–water partition coefficient (Wildman–Crippen LogP) is 1.63. The van der Waals surface area contributed by atoms with E-state index in [1.165, 1.54) is 23.0 Å². The molecule has 2 heterocycles. The van der Waals surface area contributed by atoms with Crippen molar-refractivity contribution in [2.24, 2.45) is 7.05 Å². The normalized spacial score (nSPS) is 17.8. The van der Waals surface area contributed by atoms with E-state index in [1.807, 2.05) is 0 Å². The molecule has 7 nitrogen and oxygen atoms in total. The Labute approximate surface area is 140 Å². The van der Waals surface area contributed by atoms with Gasteiger partial charge in [0.2, 0.25) is 0 Å². The topological polar surface area (TPSA) is 90.3 Å². The van der Waals surface area contributed by atoms with Gasteiger partial charge >= 0.3 is 0 Å². The lowest BCUT2D eigenvalue weighted by molar-refractivity contribution is 0.101. The van der Waals surface area contributed by atoms with Gasteiger partial charge in [-0.2, -0.15) is 5.10 Å². The summed E-state index contributed by atoms with van der Waals surface area (Å²) in [5.41, 5.74) is 0.947. The molecule has 1 aromatic heterocycles. The summed E-state index contributed by atoms with van der Waals surface area (Å²) in [6.07, 6.45) is 2.99. The lowest BCUT2D eigenvalue weighted by atomic mass is 10.3. The number of carbonyl (C=O) groups excluding carboxylic acids is 1. The van der Waals surface area contributed by atoms with Crippen molar-refractivity contribution in [3.8, 4) is 0 Å². The van der Waals surface area contributed by atoms with Crippen molar-refractivity contribution in [1.82, 2.24) is 9.78 Å². The number of carbonyl (C=O) groups is 1. The number of hydrogen-bond donors (Lipinski definition) is 1. The fourth-order valence-corrected chi connectivity index (χ4v) is 4.15. The number of sulfone groups is 1. The largest absolute Gasteiger partial charge is 0.377 e. The minimum absolute atomic E-state index is 0.00622. The molecule has 1 atom stereocenters. The Hall–Kier alpha value is -2.19. The number of aryl methyl sites for hydroxylation is 1. The van der Waals surface area contributed by atoms with Crippen molar-refractivity contribution in [2.45, 2.75) is 23.8 Å². The van der Waals surface area contributed by atoms with Crippen LogP contribution in [-0.4, -0.2) is 42.6 Å². The Bertz CT molecular complexity index is 821. The minimum Gasteiger partial charge on any atom is -0.377 e. The molecule has 1 saturated heterocycles. The highest BCUT2D eigenvalue weighted by Gasteiger charge is 2.24. The number of nitrogens with zero attached hydrogens (tertiary/aromatic N) is 2. The van der Waals surface area contributed by atoms with Crippen molar-refractivity contribution < 1.29 is 17.9 Å². The zero-order valence-corrected chi connectivity index (χ0v) is 14.1. The summed E-state index contributed by atoms with van der Waals surface area (Å²) in [7, 11) is -1.71. The number of hydrogen-bond acceptors (Lipinski definition) is 5. The first-order chi connectivity index (χ1) is 11.5. The van der Waals surface area contributed by atoms with Gasteiger partial charge in [-0.15, -0.1) is 0 Å². The Morgan fingerprint density at radius 3 is 2.67 bits per heavy atom. The third-order valence-corrected chi connectivity index (χ3v) is 5.76. The van der Waals surface area contributed by atoms with E-state index in [2.05, 4.69) is 10.4 Å². The van der Waals surface area contributed by atoms with Gasteiger partial charge in [-0.1, -0.05) is 0 Å². The Morgan fingerprint density at radius 2 is 2.08 bits per heavy atom. The number of benzene rings is 1. The van der Waals surface area contributed by atoms with E-state index in [0.29, 0.717) is 18.0 Å². The summed E-state index contributed by atoms with van der Waals surface area (Å²) in [4.78, 5) is 12.3. The van der Waals surface area contributed by atoms with E-state index in [4.69, 9.17) is 4.74 Å². The van der Waals surface area contributed by atoms with Crippen LogP contribution >= 0.6 is 0 Å². The number of rotatable bonds is 5. The Morgan fingerprint density at radius 1 is 1.33 bits per heavy atom. The average molecular weight is 349 g/mol. The maximum Gasteiger partial charge on any atom is 0.273 e. The molecule has 1 fully saturated rings. The van der Waals surface area contributed by atoms with E-state index in [-0.39, 0.29) is 22.7 Å². The highest BCUT2D eigenvalue weighted by atomic mass is 32.2. The monoisotopic (exact) mass is 349 g/mol. The molecule has 8 heteroatoms. The minimum atomic E-state index is -3.39. The molecule has 1 amide bonds. The second-order valence-electron chi connectivity index (χ2n) is 5.73. The van der Waals surface area contributed by atoms with Gasteiger partial charge in [-0.25, -0.2) is 8.42 Å².